The largest absolute Gasteiger partial charge is 0.510 e. The van der Waals surface area contributed by atoms with Gasteiger partial charge in [0.15, 0.2) is 0 Å². The third-order valence-corrected chi connectivity index (χ3v) is 7.98. The number of fused-ring (bicyclic) bond motifs is 4. The van der Waals surface area contributed by atoms with E-state index < -0.39 is 11.7 Å². The van der Waals surface area contributed by atoms with E-state index in [4.69, 9.17) is 9.72 Å². The van der Waals surface area contributed by atoms with Gasteiger partial charge in [0.2, 0.25) is 0 Å². The Morgan fingerprint density at radius 1 is 1.22 bits per heavy atom. The number of nitrogens with zero attached hydrogens (tertiary/aromatic N) is 2. The summed E-state index contributed by atoms with van der Waals surface area (Å²) in [6, 6.07) is 6.46. The van der Waals surface area contributed by atoms with Crippen LogP contribution >= 0.6 is 22.7 Å². The van der Waals surface area contributed by atoms with Crippen molar-refractivity contribution in [1.29, 1.82) is 0 Å². The first-order valence-corrected chi connectivity index (χ1v) is 12.8. The van der Waals surface area contributed by atoms with Crippen LogP contribution in [0.15, 0.2) is 36.0 Å². The molecule has 4 nitrogen and oxygen atoms in total. The van der Waals surface area contributed by atoms with Crippen LogP contribution < -0.4 is 0 Å². The summed E-state index contributed by atoms with van der Waals surface area (Å²) in [5.41, 5.74) is 7.79. The number of aryl methyl sites for hydroxylation is 3. The number of ether oxygens (including phenoxy) is 1. The number of thiazole rings is 1. The van der Waals surface area contributed by atoms with E-state index in [2.05, 4.69) is 29.8 Å². The predicted molar refractivity (Wildman–Crippen MR) is 135 cm³/mol. The van der Waals surface area contributed by atoms with Crippen molar-refractivity contribution in [1.82, 2.24) is 9.97 Å². The first-order valence-electron chi connectivity index (χ1n) is 11.1. The lowest BCUT2D eigenvalue weighted by molar-refractivity contribution is -0.0596. The van der Waals surface area contributed by atoms with E-state index in [1.54, 1.807) is 11.3 Å². The zero-order valence-electron chi connectivity index (χ0n) is 19.0. The number of thiophene rings is 1. The van der Waals surface area contributed by atoms with Gasteiger partial charge in [-0.1, -0.05) is 12.6 Å². The molecular weight excluding hydrogens is 436 g/mol. The number of benzene rings is 1. The molecule has 32 heavy (non-hydrogen) atoms. The summed E-state index contributed by atoms with van der Waals surface area (Å²) in [6.07, 6.45) is 3.95. The van der Waals surface area contributed by atoms with Gasteiger partial charge in [-0.3, -0.25) is 0 Å². The number of aromatic nitrogens is 2. The number of hydrogen-bond acceptors (Lipinski definition) is 6. The van der Waals surface area contributed by atoms with Crippen LogP contribution in [-0.2, 0) is 17.6 Å². The van der Waals surface area contributed by atoms with Crippen molar-refractivity contribution in [3.63, 3.8) is 0 Å². The molecule has 166 valence electrons. The van der Waals surface area contributed by atoms with E-state index in [9.17, 15) is 5.11 Å². The normalized spacial score (nSPS) is 15.2. The fourth-order valence-corrected chi connectivity index (χ4v) is 6.67. The zero-order valence-corrected chi connectivity index (χ0v) is 20.6. The van der Waals surface area contributed by atoms with E-state index in [0.29, 0.717) is 0 Å². The average Bonchev–Trinajstić information content (AvgIpc) is 3.33. The third-order valence-electron chi connectivity index (χ3n) is 5.99. The molecule has 1 aliphatic rings. The molecule has 0 spiro atoms. The van der Waals surface area contributed by atoms with Gasteiger partial charge < -0.3 is 9.84 Å². The van der Waals surface area contributed by atoms with Crippen LogP contribution in [0.5, 0.6) is 0 Å². The maximum absolute atomic E-state index is 10.7. The van der Waals surface area contributed by atoms with Gasteiger partial charge in [-0.25, -0.2) is 9.97 Å². The van der Waals surface area contributed by atoms with Crippen LogP contribution in [0.2, 0.25) is 0 Å². The molecule has 4 aromatic rings. The second-order valence-electron chi connectivity index (χ2n) is 9.51. The summed E-state index contributed by atoms with van der Waals surface area (Å²) in [7, 11) is 0. The molecule has 1 unspecified atom stereocenters. The highest BCUT2D eigenvalue weighted by molar-refractivity contribution is 7.19. The highest BCUT2D eigenvalue weighted by Crippen LogP contribution is 2.47. The second-order valence-corrected chi connectivity index (χ2v) is 11.5. The van der Waals surface area contributed by atoms with Gasteiger partial charge in [0.1, 0.15) is 16.7 Å². The zero-order chi connectivity index (χ0) is 22.6. The minimum Gasteiger partial charge on any atom is -0.510 e. The van der Waals surface area contributed by atoms with Crippen molar-refractivity contribution in [2.24, 2.45) is 0 Å². The standard InChI is InChI=1S/C26H28N2O2S2/c1-14-21(24(15(2)29)30-26(3,4)5)22(16-10-11-20-18(12-16)27-13-31-20)23-17-8-6-7-9-19(17)32-25(23)28-14/h10-13,24,29H,2,6-9H2,1,3-5H3. The monoisotopic (exact) mass is 464 g/mol. The first kappa shape index (κ1) is 21.6. The molecule has 1 aromatic carbocycles. The quantitative estimate of drug-likeness (QED) is 0.315. The minimum absolute atomic E-state index is 0.00394. The number of rotatable bonds is 4. The van der Waals surface area contributed by atoms with Gasteiger partial charge in [0.05, 0.1) is 21.3 Å². The van der Waals surface area contributed by atoms with Crippen molar-refractivity contribution in [3.05, 3.63) is 57.7 Å². The van der Waals surface area contributed by atoms with E-state index in [1.807, 2.05) is 44.5 Å². The Balaban J connectivity index is 1.87. The van der Waals surface area contributed by atoms with Crippen LogP contribution in [0.25, 0.3) is 31.6 Å². The van der Waals surface area contributed by atoms with E-state index >= 15 is 0 Å². The number of aliphatic hydroxyl groups excluding tert-OH is 1. The first-order chi connectivity index (χ1) is 15.2. The van der Waals surface area contributed by atoms with Crippen molar-refractivity contribution in [3.8, 4) is 11.1 Å². The molecular formula is C26H28N2O2S2. The molecule has 3 aromatic heterocycles. The molecule has 6 heteroatoms. The molecule has 0 bridgehead atoms. The van der Waals surface area contributed by atoms with Crippen molar-refractivity contribution >= 4 is 43.1 Å². The van der Waals surface area contributed by atoms with Crippen LogP contribution in [-0.4, -0.2) is 20.7 Å². The predicted octanol–water partition coefficient (Wildman–Crippen LogP) is 7.69. The van der Waals surface area contributed by atoms with Crippen molar-refractivity contribution in [2.45, 2.75) is 65.1 Å². The fourth-order valence-electron chi connectivity index (χ4n) is 4.70. The van der Waals surface area contributed by atoms with Crippen molar-refractivity contribution in [2.75, 3.05) is 0 Å². The highest BCUT2D eigenvalue weighted by atomic mass is 32.1. The lowest BCUT2D eigenvalue weighted by atomic mass is 9.87. The molecule has 1 atom stereocenters. The average molecular weight is 465 g/mol. The maximum Gasteiger partial charge on any atom is 0.142 e. The van der Waals surface area contributed by atoms with Crippen molar-refractivity contribution < 1.29 is 9.84 Å². The summed E-state index contributed by atoms with van der Waals surface area (Å²) in [5, 5.41) is 11.9. The summed E-state index contributed by atoms with van der Waals surface area (Å²) < 4.78 is 7.54. The maximum atomic E-state index is 10.7. The Morgan fingerprint density at radius 3 is 2.75 bits per heavy atom. The summed E-state index contributed by atoms with van der Waals surface area (Å²) in [5.74, 6) is 0.00394. The van der Waals surface area contributed by atoms with E-state index in [0.717, 1.165) is 45.6 Å². The Kier molecular flexibility index (Phi) is 5.35. The van der Waals surface area contributed by atoms with Crippen LogP contribution in [0.3, 0.4) is 0 Å². The second kappa shape index (κ2) is 7.94. The third kappa shape index (κ3) is 3.74. The van der Waals surface area contributed by atoms with Crippen LogP contribution in [0.1, 0.15) is 61.4 Å². The molecule has 0 aliphatic heterocycles. The molecule has 3 heterocycles. The lowest BCUT2D eigenvalue weighted by Crippen LogP contribution is -2.25. The van der Waals surface area contributed by atoms with E-state index in [-0.39, 0.29) is 5.76 Å². The molecule has 0 saturated heterocycles. The summed E-state index contributed by atoms with van der Waals surface area (Å²) >= 11 is 3.47. The Morgan fingerprint density at radius 2 is 2.00 bits per heavy atom. The SMILES string of the molecule is C=C(O)C(OC(C)(C)C)c1c(C)nc2sc3c(c2c1-c1ccc2scnc2c1)CCCC3. The number of hydrogen-bond donors (Lipinski definition) is 1. The van der Waals surface area contributed by atoms with Gasteiger partial charge in [0, 0.05) is 27.1 Å². The van der Waals surface area contributed by atoms with Gasteiger partial charge in [-0.15, -0.1) is 22.7 Å². The van der Waals surface area contributed by atoms with Gasteiger partial charge in [0.25, 0.3) is 0 Å². The van der Waals surface area contributed by atoms with Gasteiger partial charge >= 0.3 is 0 Å². The Bertz CT molecular complexity index is 1340. The van der Waals surface area contributed by atoms with Gasteiger partial charge in [-0.2, -0.15) is 0 Å². The van der Waals surface area contributed by atoms with Crippen LogP contribution in [0.4, 0.5) is 0 Å². The fraction of sp³-hybridized carbons (Fsp3) is 0.385. The minimum atomic E-state index is -0.660. The van der Waals surface area contributed by atoms with Gasteiger partial charge in [-0.05, 0) is 76.6 Å². The number of pyridine rings is 1. The molecule has 0 saturated carbocycles. The smallest absolute Gasteiger partial charge is 0.142 e. The molecule has 0 fully saturated rings. The number of aliphatic hydroxyl groups is 1. The highest BCUT2D eigenvalue weighted by Gasteiger charge is 2.31. The molecule has 1 N–H and O–H groups in total. The Hall–Kier alpha value is -2.28. The summed E-state index contributed by atoms with van der Waals surface area (Å²) in [4.78, 5) is 12.1. The lowest BCUT2D eigenvalue weighted by Gasteiger charge is -2.30. The summed E-state index contributed by atoms with van der Waals surface area (Å²) in [6.45, 7) is 11.9. The molecule has 0 radical (unpaired) electrons. The Labute approximate surface area is 196 Å². The molecule has 0 amide bonds. The molecule has 5 rings (SSSR count). The van der Waals surface area contributed by atoms with E-state index in [1.165, 1.54) is 33.4 Å². The van der Waals surface area contributed by atoms with Crippen LogP contribution in [0, 0.1) is 6.92 Å². The molecule has 1 aliphatic carbocycles. The topological polar surface area (TPSA) is 55.2 Å².